The van der Waals surface area contributed by atoms with Gasteiger partial charge in [0.05, 0.1) is 11.2 Å². The van der Waals surface area contributed by atoms with E-state index in [0.29, 0.717) is 0 Å². The Morgan fingerprint density at radius 3 is 2.33 bits per heavy atom. The molecule has 1 fully saturated rings. The van der Waals surface area contributed by atoms with Gasteiger partial charge in [0.1, 0.15) is 17.1 Å². The fourth-order valence-electron chi connectivity index (χ4n) is 1.87. The van der Waals surface area contributed by atoms with Crippen molar-refractivity contribution in [2.24, 2.45) is 0 Å². The van der Waals surface area contributed by atoms with Crippen LogP contribution < -0.4 is 5.56 Å². The minimum atomic E-state index is -1.23. The van der Waals surface area contributed by atoms with Crippen LogP contribution in [-0.4, -0.2) is 33.4 Å². The quantitative estimate of drug-likeness (QED) is 0.812. The lowest BCUT2D eigenvalue weighted by atomic mass is 9.87. The highest BCUT2D eigenvalue weighted by molar-refractivity contribution is 6.54. The number of halogens is 1. The molecule has 0 spiro atoms. The first-order chi connectivity index (χ1) is 9.53. The van der Waals surface area contributed by atoms with Crippen LogP contribution in [0.5, 0.6) is 5.88 Å². The van der Waals surface area contributed by atoms with Crippen molar-refractivity contribution in [2.45, 2.75) is 45.8 Å². The molecule has 0 unspecified atom stereocenters. The lowest BCUT2D eigenvalue weighted by Gasteiger charge is -2.32. The van der Waals surface area contributed by atoms with Gasteiger partial charge in [-0.3, -0.25) is 4.79 Å². The number of hydrogen-bond donors (Lipinski definition) is 2. The van der Waals surface area contributed by atoms with Crippen molar-refractivity contribution < 1.29 is 18.8 Å². The van der Waals surface area contributed by atoms with E-state index in [9.17, 15) is 14.3 Å². The van der Waals surface area contributed by atoms with E-state index in [1.54, 1.807) is 27.7 Å². The number of aryl methyl sites for hydroxylation is 1. The molecule has 21 heavy (non-hydrogen) atoms. The lowest BCUT2D eigenvalue weighted by molar-refractivity contribution is 0.00578. The topological polar surface area (TPSA) is 84.4 Å². The summed E-state index contributed by atoms with van der Waals surface area (Å²) < 4.78 is 25.3. The van der Waals surface area contributed by atoms with Crippen molar-refractivity contribution in [2.75, 3.05) is 0 Å². The second-order valence-corrected chi connectivity index (χ2v) is 6.01. The van der Waals surface area contributed by atoms with Gasteiger partial charge in [0.15, 0.2) is 0 Å². The summed E-state index contributed by atoms with van der Waals surface area (Å²) in [6, 6.07) is 0. The summed E-state index contributed by atoms with van der Waals surface area (Å²) >= 11 is 0. The average Bonchev–Trinajstić information content (AvgIpc) is 2.53. The minimum absolute atomic E-state index is 0.241. The largest absolute Gasteiger partial charge is 0.525 e. The molecule has 2 heterocycles. The summed E-state index contributed by atoms with van der Waals surface area (Å²) in [5.41, 5.74) is -3.09. The van der Waals surface area contributed by atoms with Crippen molar-refractivity contribution in [3.05, 3.63) is 27.5 Å². The Hall–Kier alpha value is -1.67. The van der Waals surface area contributed by atoms with E-state index < -0.39 is 35.5 Å². The van der Waals surface area contributed by atoms with Gasteiger partial charge in [-0.1, -0.05) is 0 Å². The normalized spacial score (nSPS) is 20.9. The second-order valence-electron chi connectivity index (χ2n) is 6.01. The second kappa shape index (κ2) is 4.96. The third-order valence-electron chi connectivity index (χ3n) is 3.81. The summed E-state index contributed by atoms with van der Waals surface area (Å²) in [5, 5.41) is 9.65. The fraction of sp³-hybridized carbons (Fsp3) is 0.538. The Morgan fingerprint density at radius 2 is 1.86 bits per heavy atom. The Balaban J connectivity index is 2.34. The Bertz CT molecular complexity index is 638. The van der Waals surface area contributed by atoms with Crippen LogP contribution in [0.1, 0.15) is 39.1 Å². The molecule has 1 saturated heterocycles. The molecule has 0 radical (unpaired) electrons. The molecule has 6 nitrogen and oxygen atoms in total. The van der Waals surface area contributed by atoms with Crippen LogP contribution in [0.15, 0.2) is 10.5 Å². The number of nitrogens with zero attached hydrogens (tertiary/aromatic N) is 1. The lowest BCUT2D eigenvalue weighted by Crippen LogP contribution is -2.41. The first-order valence-corrected chi connectivity index (χ1v) is 6.56. The van der Waals surface area contributed by atoms with E-state index in [-0.39, 0.29) is 11.4 Å². The molecule has 0 amide bonds. The molecule has 0 atom stereocenters. The SMILES string of the molecule is Cc1nc(O)c(C=C(F)B2OC(C)(C)C(C)(C)O2)c(=O)[nH]1. The van der Waals surface area contributed by atoms with Gasteiger partial charge >= 0.3 is 7.12 Å². The maximum absolute atomic E-state index is 14.3. The predicted molar refractivity (Wildman–Crippen MR) is 76.4 cm³/mol. The number of aromatic nitrogens is 2. The van der Waals surface area contributed by atoms with Gasteiger partial charge in [0.2, 0.25) is 5.88 Å². The summed E-state index contributed by atoms with van der Waals surface area (Å²) in [6.45, 7) is 8.67. The van der Waals surface area contributed by atoms with Crippen molar-refractivity contribution >= 4 is 13.2 Å². The van der Waals surface area contributed by atoms with Crippen LogP contribution in [0.3, 0.4) is 0 Å². The van der Waals surface area contributed by atoms with Gasteiger partial charge in [-0.2, -0.15) is 0 Å². The molecule has 0 aliphatic carbocycles. The smallest absolute Gasteiger partial charge is 0.493 e. The van der Waals surface area contributed by atoms with Gasteiger partial charge in [0.25, 0.3) is 5.56 Å². The predicted octanol–water partition coefficient (Wildman–Crippen LogP) is 1.73. The Kier molecular flexibility index (Phi) is 3.71. The van der Waals surface area contributed by atoms with Gasteiger partial charge in [-0.25, -0.2) is 9.37 Å². The monoisotopic (exact) mass is 296 g/mol. The highest BCUT2D eigenvalue weighted by atomic mass is 19.1. The molecule has 1 aromatic heterocycles. The standard InChI is InChI=1S/C13H18BFN2O4/c1-7-16-10(18)8(11(19)17-7)6-9(15)14-20-12(2,3)13(4,5)21-14/h6H,1-5H3,(H2,16,17,18,19). The van der Waals surface area contributed by atoms with Crippen molar-refractivity contribution in [3.8, 4) is 5.88 Å². The maximum Gasteiger partial charge on any atom is 0.525 e. The molecule has 0 saturated carbocycles. The molecule has 114 valence electrons. The van der Waals surface area contributed by atoms with Gasteiger partial charge in [-0.05, 0) is 40.7 Å². The third kappa shape index (κ3) is 2.86. The number of aromatic hydroxyl groups is 1. The molecule has 1 aliphatic rings. The summed E-state index contributed by atoms with van der Waals surface area (Å²) in [7, 11) is -1.23. The first-order valence-electron chi connectivity index (χ1n) is 6.56. The van der Waals surface area contributed by atoms with E-state index in [4.69, 9.17) is 9.31 Å². The molecule has 2 rings (SSSR count). The molecule has 2 N–H and O–H groups in total. The van der Waals surface area contributed by atoms with Gasteiger partial charge in [0, 0.05) is 0 Å². The van der Waals surface area contributed by atoms with Crippen molar-refractivity contribution in [1.29, 1.82) is 0 Å². The van der Waals surface area contributed by atoms with Crippen LogP contribution >= 0.6 is 0 Å². The molecule has 1 aromatic rings. The molecule has 0 aromatic carbocycles. The van der Waals surface area contributed by atoms with E-state index in [1.165, 1.54) is 6.92 Å². The zero-order chi connectivity index (χ0) is 16.0. The summed E-state index contributed by atoms with van der Waals surface area (Å²) in [5.74, 6) is -0.298. The summed E-state index contributed by atoms with van der Waals surface area (Å²) in [6.07, 6.45) is 0.878. The van der Waals surface area contributed by atoms with Gasteiger partial charge in [-0.15, -0.1) is 0 Å². The Morgan fingerprint density at radius 1 is 1.33 bits per heavy atom. The third-order valence-corrected chi connectivity index (χ3v) is 3.81. The average molecular weight is 296 g/mol. The molecule has 0 bridgehead atoms. The molecule has 8 heteroatoms. The number of hydrogen-bond acceptors (Lipinski definition) is 5. The fourth-order valence-corrected chi connectivity index (χ4v) is 1.87. The van der Waals surface area contributed by atoms with E-state index in [1.807, 2.05) is 0 Å². The van der Waals surface area contributed by atoms with E-state index >= 15 is 0 Å². The molecular formula is C13H18BFN2O4. The highest BCUT2D eigenvalue weighted by Crippen LogP contribution is 2.39. The van der Waals surface area contributed by atoms with Gasteiger partial charge < -0.3 is 19.4 Å². The Labute approximate surface area is 122 Å². The number of H-pyrrole nitrogens is 1. The van der Waals surface area contributed by atoms with Crippen molar-refractivity contribution in [1.82, 2.24) is 9.97 Å². The number of nitrogens with one attached hydrogen (secondary N) is 1. The maximum atomic E-state index is 14.3. The van der Waals surface area contributed by atoms with Crippen LogP contribution in [-0.2, 0) is 9.31 Å². The van der Waals surface area contributed by atoms with E-state index in [0.717, 1.165) is 6.08 Å². The zero-order valence-electron chi connectivity index (χ0n) is 12.7. The number of aromatic amines is 1. The van der Waals surface area contributed by atoms with Crippen molar-refractivity contribution in [3.63, 3.8) is 0 Å². The van der Waals surface area contributed by atoms with E-state index in [2.05, 4.69) is 9.97 Å². The first kappa shape index (κ1) is 15.7. The van der Waals surface area contributed by atoms with Crippen LogP contribution in [0, 0.1) is 6.92 Å². The molecule has 1 aliphatic heterocycles. The highest BCUT2D eigenvalue weighted by Gasteiger charge is 2.53. The zero-order valence-corrected chi connectivity index (χ0v) is 12.7. The van der Waals surface area contributed by atoms with Crippen LogP contribution in [0.2, 0.25) is 0 Å². The summed E-state index contributed by atoms with van der Waals surface area (Å²) in [4.78, 5) is 17.8. The van der Waals surface area contributed by atoms with Crippen LogP contribution in [0.25, 0.3) is 6.08 Å². The minimum Gasteiger partial charge on any atom is -0.493 e. The number of rotatable bonds is 2. The van der Waals surface area contributed by atoms with Crippen LogP contribution in [0.4, 0.5) is 4.39 Å². The molecular weight excluding hydrogens is 278 g/mol.